The van der Waals surface area contributed by atoms with E-state index in [1.165, 1.54) is 11.8 Å². The van der Waals surface area contributed by atoms with Gasteiger partial charge in [-0.05, 0) is 48.9 Å². The first-order valence-corrected chi connectivity index (χ1v) is 12.1. The van der Waals surface area contributed by atoms with Crippen LogP contribution in [0.5, 0.6) is 0 Å². The second-order valence-electron chi connectivity index (χ2n) is 8.07. The van der Waals surface area contributed by atoms with Crippen molar-refractivity contribution < 1.29 is 33.9 Å². The van der Waals surface area contributed by atoms with Gasteiger partial charge in [-0.1, -0.05) is 41.6 Å². The number of anilines is 2. The van der Waals surface area contributed by atoms with Crippen molar-refractivity contribution in [3.8, 4) is 0 Å². The summed E-state index contributed by atoms with van der Waals surface area (Å²) in [5.74, 6) is -2.94. The van der Waals surface area contributed by atoms with Gasteiger partial charge >= 0.3 is 11.9 Å². The predicted molar refractivity (Wildman–Crippen MR) is 140 cm³/mol. The molecule has 0 bridgehead atoms. The Bertz CT molecular complexity index is 1520. The average molecular weight is 532 g/mol. The van der Waals surface area contributed by atoms with Gasteiger partial charge in [0.1, 0.15) is 11.0 Å². The van der Waals surface area contributed by atoms with Crippen LogP contribution < -0.4 is 10.6 Å². The Morgan fingerprint density at radius 3 is 2.26 bits per heavy atom. The van der Waals surface area contributed by atoms with Crippen LogP contribution in [0.3, 0.4) is 0 Å². The Morgan fingerprint density at radius 1 is 0.842 bits per heavy atom. The van der Waals surface area contributed by atoms with Crippen LogP contribution in [0.1, 0.15) is 47.6 Å². The molecule has 1 unspecified atom stereocenters. The molecular formula is C27H21N3O7S. The van der Waals surface area contributed by atoms with Crippen LogP contribution >= 0.6 is 11.8 Å². The van der Waals surface area contributed by atoms with Crippen LogP contribution in [-0.2, 0) is 4.79 Å². The van der Waals surface area contributed by atoms with E-state index in [1.54, 1.807) is 37.3 Å². The summed E-state index contributed by atoms with van der Waals surface area (Å²) in [6.07, 6.45) is 0. The Balaban J connectivity index is 1.56. The molecule has 4 aromatic rings. The number of aromatic nitrogens is 1. The number of amides is 2. The number of carboxylic acid groups (broad SMARTS) is 2. The number of hydrogen-bond donors (Lipinski definition) is 4. The minimum absolute atomic E-state index is 0.190. The largest absolute Gasteiger partial charge is 0.478 e. The van der Waals surface area contributed by atoms with E-state index >= 15 is 0 Å². The highest BCUT2D eigenvalue weighted by atomic mass is 32.2. The smallest absolute Gasteiger partial charge is 0.336 e. The van der Waals surface area contributed by atoms with Gasteiger partial charge in [0.05, 0.1) is 16.7 Å². The van der Waals surface area contributed by atoms with Crippen LogP contribution in [-0.4, -0.2) is 39.1 Å². The van der Waals surface area contributed by atoms with Crippen molar-refractivity contribution >= 4 is 47.0 Å². The molecule has 0 spiro atoms. The van der Waals surface area contributed by atoms with Crippen molar-refractivity contribution in [1.82, 2.24) is 5.16 Å². The lowest BCUT2D eigenvalue weighted by atomic mass is 10.0. The molecule has 0 saturated heterocycles. The van der Waals surface area contributed by atoms with E-state index < -0.39 is 28.7 Å². The first kappa shape index (κ1) is 26.2. The van der Waals surface area contributed by atoms with E-state index in [9.17, 15) is 24.3 Å². The first-order chi connectivity index (χ1) is 18.2. The maximum atomic E-state index is 13.2. The Hall–Kier alpha value is -4.90. The van der Waals surface area contributed by atoms with Crippen molar-refractivity contribution in [2.24, 2.45) is 0 Å². The number of carbonyl (C=O) groups excluding carboxylic acids is 2. The van der Waals surface area contributed by atoms with Crippen LogP contribution in [0.4, 0.5) is 11.5 Å². The average Bonchev–Trinajstić information content (AvgIpc) is 3.31. The van der Waals surface area contributed by atoms with Gasteiger partial charge in [0.15, 0.2) is 5.82 Å². The Morgan fingerprint density at radius 2 is 1.61 bits per heavy atom. The van der Waals surface area contributed by atoms with Gasteiger partial charge in [0, 0.05) is 16.6 Å². The summed E-state index contributed by atoms with van der Waals surface area (Å²) in [7, 11) is 0. The lowest BCUT2D eigenvalue weighted by molar-refractivity contribution is -0.115. The van der Waals surface area contributed by atoms with E-state index in [-0.39, 0.29) is 22.9 Å². The van der Waals surface area contributed by atoms with Crippen molar-refractivity contribution in [1.29, 1.82) is 0 Å². The van der Waals surface area contributed by atoms with Gasteiger partial charge in [-0.3, -0.25) is 9.59 Å². The zero-order valence-corrected chi connectivity index (χ0v) is 20.7. The van der Waals surface area contributed by atoms with Crippen LogP contribution in [0.2, 0.25) is 0 Å². The number of carbonyl (C=O) groups is 4. The van der Waals surface area contributed by atoms with Crippen LogP contribution in [0, 0.1) is 6.92 Å². The van der Waals surface area contributed by atoms with Crippen molar-refractivity contribution in [2.75, 3.05) is 10.6 Å². The number of benzene rings is 3. The molecule has 0 aliphatic heterocycles. The fourth-order valence-electron chi connectivity index (χ4n) is 3.55. The molecule has 0 fully saturated rings. The summed E-state index contributed by atoms with van der Waals surface area (Å²) in [6, 6.07) is 20.7. The summed E-state index contributed by atoms with van der Waals surface area (Å²) < 4.78 is 5.02. The number of aromatic carboxylic acids is 2. The third-order valence-electron chi connectivity index (χ3n) is 5.31. The molecule has 0 saturated carbocycles. The number of nitrogens with zero attached hydrogens (tertiary/aromatic N) is 1. The fourth-order valence-corrected chi connectivity index (χ4v) is 4.64. The topological polar surface area (TPSA) is 159 Å². The first-order valence-electron chi connectivity index (χ1n) is 11.2. The molecule has 11 heteroatoms. The zero-order valence-electron chi connectivity index (χ0n) is 19.9. The van der Waals surface area contributed by atoms with Gasteiger partial charge in [0.25, 0.3) is 5.91 Å². The van der Waals surface area contributed by atoms with Gasteiger partial charge in [-0.25, -0.2) is 9.59 Å². The molecule has 1 aromatic heterocycles. The molecule has 1 heterocycles. The molecule has 4 rings (SSSR count). The van der Waals surface area contributed by atoms with E-state index in [4.69, 9.17) is 9.63 Å². The number of nitrogens with one attached hydrogen (secondary N) is 2. The second kappa shape index (κ2) is 11.4. The molecular weight excluding hydrogens is 510 g/mol. The maximum Gasteiger partial charge on any atom is 0.336 e. The molecule has 38 heavy (non-hydrogen) atoms. The van der Waals surface area contributed by atoms with E-state index in [2.05, 4.69) is 15.8 Å². The van der Waals surface area contributed by atoms with Crippen molar-refractivity contribution in [3.05, 3.63) is 107 Å². The summed E-state index contributed by atoms with van der Waals surface area (Å²) in [5.41, 5.74) is 0.234. The summed E-state index contributed by atoms with van der Waals surface area (Å²) in [6.45, 7) is 1.71. The standard InChI is InChI=1S/C27H21N3O7S/c1-15-12-22(30-37-15)29-25(32)23(16-6-3-2-4-7-16)38-19-9-5-8-18(14-19)28-24(31)20-11-10-17(26(33)34)13-21(20)27(35)36/h2-14,23H,1H3,(H,28,31)(H,33,34)(H,35,36)(H,29,30,32). The lowest BCUT2D eigenvalue weighted by Crippen LogP contribution is -2.19. The second-order valence-corrected chi connectivity index (χ2v) is 9.25. The highest BCUT2D eigenvalue weighted by Crippen LogP contribution is 2.37. The van der Waals surface area contributed by atoms with Gasteiger partial charge in [-0.15, -0.1) is 11.8 Å². The van der Waals surface area contributed by atoms with E-state index in [0.29, 0.717) is 16.3 Å². The van der Waals surface area contributed by atoms with Gasteiger partial charge < -0.3 is 25.4 Å². The lowest BCUT2D eigenvalue weighted by Gasteiger charge is -2.17. The third-order valence-corrected chi connectivity index (χ3v) is 6.56. The molecule has 0 radical (unpaired) electrons. The number of hydrogen-bond acceptors (Lipinski definition) is 7. The Kier molecular flexibility index (Phi) is 7.88. The minimum atomic E-state index is -1.43. The van der Waals surface area contributed by atoms with Gasteiger partial charge in [-0.2, -0.15) is 0 Å². The molecule has 0 aliphatic rings. The number of thioether (sulfide) groups is 1. The molecule has 3 aromatic carbocycles. The summed E-state index contributed by atoms with van der Waals surface area (Å²) in [5, 5.41) is 27.1. The summed E-state index contributed by atoms with van der Waals surface area (Å²) in [4.78, 5) is 49.5. The highest BCUT2D eigenvalue weighted by molar-refractivity contribution is 8.00. The molecule has 0 aliphatic carbocycles. The monoisotopic (exact) mass is 531 g/mol. The highest BCUT2D eigenvalue weighted by Gasteiger charge is 2.24. The van der Waals surface area contributed by atoms with Crippen LogP contribution in [0.25, 0.3) is 0 Å². The molecule has 10 nitrogen and oxygen atoms in total. The molecule has 2 amide bonds. The number of rotatable bonds is 9. The normalized spacial score (nSPS) is 11.4. The van der Waals surface area contributed by atoms with Crippen molar-refractivity contribution in [2.45, 2.75) is 17.1 Å². The van der Waals surface area contributed by atoms with E-state index in [1.807, 2.05) is 30.3 Å². The maximum absolute atomic E-state index is 13.2. The Labute approximate surface area is 220 Å². The molecule has 1 atom stereocenters. The minimum Gasteiger partial charge on any atom is -0.478 e. The predicted octanol–water partition coefficient (Wildman–Crippen LogP) is 5.10. The van der Waals surface area contributed by atoms with Gasteiger partial charge in [0.2, 0.25) is 5.91 Å². The third kappa shape index (κ3) is 6.26. The zero-order chi connectivity index (χ0) is 27.2. The van der Waals surface area contributed by atoms with E-state index in [0.717, 1.165) is 23.8 Å². The quantitative estimate of drug-likeness (QED) is 0.215. The van der Waals surface area contributed by atoms with Crippen molar-refractivity contribution in [3.63, 3.8) is 0 Å². The SMILES string of the molecule is Cc1cc(NC(=O)C(Sc2cccc(NC(=O)c3ccc(C(=O)O)cc3C(=O)O)c2)c2ccccc2)no1. The fraction of sp³-hybridized carbons (Fsp3) is 0.0741. The van der Waals surface area contributed by atoms with Crippen LogP contribution in [0.15, 0.2) is 88.3 Å². The molecule has 192 valence electrons. The number of aryl methyl sites for hydroxylation is 1. The summed E-state index contributed by atoms with van der Waals surface area (Å²) >= 11 is 1.25. The molecule has 4 N–H and O–H groups in total. The number of carboxylic acids is 2.